The summed E-state index contributed by atoms with van der Waals surface area (Å²) in [5.41, 5.74) is 10.2. The van der Waals surface area contributed by atoms with Crippen molar-refractivity contribution < 1.29 is 18.8 Å². The molecule has 2 aromatic carbocycles. The molecule has 13 nitrogen and oxygen atoms in total. The molecule has 0 spiro atoms. The highest BCUT2D eigenvalue weighted by atomic mass is 16.5. The number of nitrogen functional groups attached to an aromatic ring is 1. The molecule has 5 aromatic rings. The molecule has 0 unspecified atom stereocenters. The van der Waals surface area contributed by atoms with Gasteiger partial charge < -0.3 is 25.2 Å². The molecule has 6 rings (SSSR count). The van der Waals surface area contributed by atoms with Crippen LogP contribution in [-0.2, 0) is 21.4 Å². The summed E-state index contributed by atoms with van der Waals surface area (Å²) >= 11 is 0. The smallest absolute Gasteiger partial charge is 0.324 e. The van der Waals surface area contributed by atoms with E-state index in [1.165, 1.54) is 6.33 Å². The summed E-state index contributed by atoms with van der Waals surface area (Å²) < 4.78 is 12.4. The van der Waals surface area contributed by atoms with Crippen molar-refractivity contribution in [1.29, 1.82) is 0 Å². The molecule has 1 saturated heterocycles. The summed E-state index contributed by atoms with van der Waals surface area (Å²) in [6, 6.07) is 16.1. The van der Waals surface area contributed by atoms with Gasteiger partial charge in [-0.1, -0.05) is 50.2 Å². The van der Waals surface area contributed by atoms with E-state index in [2.05, 4.69) is 25.8 Å². The highest BCUT2D eigenvalue weighted by Crippen LogP contribution is 2.32. The second kappa shape index (κ2) is 11.8. The Kier molecular flexibility index (Phi) is 7.70. The van der Waals surface area contributed by atoms with Gasteiger partial charge >= 0.3 is 6.03 Å². The summed E-state index contributed by atoms with van der Waals surface area (Å²) in [5, 5.41) is 14.9. The first kappa shape index (κ1) is 28.8. The van der Waals surface area contributed by atoms with E-state index in [4.69, 9.17) is 20.1 Å². The third kappa shape index (κ3) is 6.08. The highest BCUT2D eigenvalue weighted by molar-refractivity contribution is 6.00. The quantitative estimate of drug-likeness (QED) is 0.258. The van der Waals surface area contributed by atoms with E-state index >= 15 is 0 Å². The molecule has 4 heterocycles. The first-order valence-electron chi connectivity index (χ1n) is 14.3. The van der Waals surface area contributed by atoms with Crippen molar-refractivity contribution in [1.82, 2.24) is 29.8 Å². The summed E-state index contributed by atoms with van der Waals surface area (Å²) in [7, 11) is 0. The highest BCUT2D eigenvalue weighted by Gasteiger charge is 2.22. The first-order valence-corrected chi connectivity index (χ1v) is 14.3. The zero-order valence-electron chi connectivity index (χ0n) is 24.7. The zero-order valence-corrected chi connectivity index (χ0v) is 24.7. The van der Waals surface area contributed by atoms with Crippen molar-refractivity contribution in [2.24, 2.45) is 0 Å². The van der Waals surface area contributed by atoms with Gasteiger partial charge in [-0.15, -0.1) is 0 Å². The number of ether oxygens (including phenoxy) is 1. The number of aromatic nitrogens is 5. The molecule has 0 atom stereocenters. The average molecular weight is 596 g/mol. The number of carbonyl (C=O) groups excluding carboxylic acids is 2. The zero-order chi connectivity index (χ0) is 30.8. The molecule has 3 amide bonds. The van der Waals surface area contributed by atoms with Crippen LogP contribution < -0.4 is 16.4 Å². The van der Waals surface area contributed by atoms with Crippen LogP contribution in [0.2, 0.25) is 0 Å². The standard InChI is InChI=1S/C31H33N9O4/c1-31(2,3)23-17-24(38-44-23)36-30(42)35-21-8-10-22(11-9-21)40-29-26(28(32)33-18-34-29)27(37-40)20-6-4-19(5-7-20)16-25(41)39-12-14-43-15-13-39/h4-11,17-18H,12-16H2,1-3H3,(H2,32,33,34)(H2,35,36,38,42). The number of anilines is 3. The Balaban J connectivity index is 1.19. The average Bonchev–Trinajstić information content (AvgIpc) is 3.65. The second-order valence-electron chi connectivity index (χ2n) is 11.5. The Morgan fingerprint density at radius 3 is 2.39 bits per heavy atom. The summed E-state index contributed by atoms with van der Waals surface area (Å²) in [6.07, 6.45) is 1.71. The van der Waals surface area contributed by atoms with Crippen LogP contribution in [0.15, 0.2) is 65.4 Å². The minimum absolute atomic E-state index is 0.0802. The lowest BCUT2D eigenvalue weighted by atomic mass is 9.93. The Morgan fingerprint density at radius 1 is 0.977 bits per heavy atom. The molecule has 1 aliphatic heterocycles. The van der Waals surface area contributed by atoms with Crippen LogP contribution in [0, 0.1) is 0 Å². The van der Waals surface area contributed by atoms with Crippen molar-refractivity contribution in [2.45, 2.75) is 32.6 Å². The van der Waals surface area contributed by atoms with Crippen LogP contribution in [0.5, 0.6) is 0 Å². The number of rotatable bonds is 6. The van der Waals surface area contributed by atoms with Crippen LogP contribution in [0.1, 0.15) is 32.1 Å². The van der Waals surface area contributed by atoms with Crippen molar-refractivity contribution >= 4 is 40.3 Å². The molecule has 44 heavy (non-hydrogen) atoms. The van der Waals surface area contributed by atoms with Gasteiger partial charge in [0.1, 0.15) is 23.6 Å². The molecule has 13 heteroatoms. The number of hydrogen-bond donors (Lipinski definition) is 3. The lowest BCUT2D eigenvalue weighted by Crippen LogP contribution is -2.41. The number of benzene rings is 2. The third-order valence-electron chi connectivity index (χ3n) is 7.30. The maximum atomic E-state index is 12.7. The van der Waals surface area contributed by atoms with Gasteiger partial charge in [-0.3, -0.25) is 10.1 Å². The molecular formula is C31H33N9O4. The minimum Gasteiger partial charge on any atom is -0.383 e. The SMILES string of the molecule is CC(C)(C)c1cc(NC(=O)Nc2ccc(-n3nc(-c4ccc(CC(=O)N5CCOCC5)cc4)c4c(N)ncnc43)cc2)no1. The van der Waals surface area contributed by atoms with Crippen LogP contribution in [0.3, 0.4) is 0 Å². The lowest BCUT2D eigenvalue weighted by Gasteiger charge is -2.26. The maximum Gasteiger partial charge on any atom is 0.324 e. The monoisotopic (exact) mass is 595 g/mol. The van der Waals surface area contributed by atoms with Crippen LogP contribution in [0.4, 0.5) is 22.1 Å². The van der Waals surface area contributed by atoms with Crippen molar-refractivity contribution in [3.63, 3.8) is 0 Å². The normalized spacial score (nSPS) is 13.7. The fourth-order valence-corrected chi connectivity index (χ4v) is 4.89. The van der Waals surface area contributed by atoms with Gasteiger partial charge in [0.15, 0.2) is 11.5 Å². The third-order valence-corrected chi connectivity index (χ3v) is 7.30. The molecule has 4 N–H and O–H groups in total. The number of urea groups is 1. The van der Waals surface area contributed by atoms with Gasteiger partial charge in [-0.25, -0.2) is 19.4 Å². The predicted octanol–water partition coefficient (Wildman–Crippen LogP) is 4.40. The van der Waals surface area contributed by atoms with E-state index in [1.807, 2.05) is 62.1 Å². The van der Waals surface area contributed by atoms with Gasteiger partial charge in [0, 0.05) is 35.8 Å². The summed E-state index contributed by atoms with van der Waals surface area (Å²) in [5.74, 6) is 1.38. The maximum absolute atomic E-state index is 12.7. The fourth-order valence-electron chi connectivity index (χ4n) is 4.89. The van der Waals surface area contributed by atoms with Crippen molar-refractivity contribution in [3.8, 4) is 16.9 Å². The molecule has 3 aromatic heterocycles. The van der Waals surface area contributed by atoms with E-state index in [9.17, 15) is 9.59 Å². The van der Waals surface area contributed by atoms with Gasteiger partial charge in [-0.05, 0) is 29.8 Å². The Labute approximate surface area is 253 Å². The molecule has 0 aliphatic carbocycles. The van der Waals surface area contributed by atoms with Gasteiger partial charge in [0.05, 0.1) is 30.7 Å². The molecule has 226 valence electrons. The fraction of sp³-hybridized carbons (Fsp3) is 0.290. The number of morpholine rings is 1. The Morgan fingerprint density at radius 2 is 1.70 bits per heavy atom. The van der Waals surface area contributed by atoms with Crippen LogP contribution in [0.25, 0.3) is 28.0 Å². The van der Waals surface area contributed by atoms with E-state index in [-0.39, 0.29) is 11.3 Å². The van der Waals surface area contributed by atoms with E-state index in [0.717, 1.165) is 11.1 Å². The molecule has 1 aliphatic rings. The largest absolute Gasteiger partial charge is 0.383 e. The van der Waals surface area contributed by atoms with Gasteiger partial charge in [0.2, 0.25) is 5.91 Å². The second-order valence-corrected chi connectivity index (χ2v) is 11.5. The first-order chi connectivity index (χ1) is 21.2. The topological polar surface area (TPSA) is 166 Å². The summed E-state index contributed by atoms with van der Waals surface area (Å²) in [4.78, 5) is 35.7. The van der Waals surface area contributed by atoms with Crippen molar-refractivity contribution in [2.75, 3.05) is 42.7 Å². The molecular weight excluding hydrogens is 562 g/mol. The molecule has 0 radical (unpaired) electrons. The summed E-state index contributed by atoms with van der Waals surface area (Å²) in [6.45, 7) is 8.37. The van der Waals surface area contributed by atoms with Crippen LogP contribution in [-0.4, -0.2) is 68.0 Å². The van der Waals surface area contributed by atoms with Gasteiger partial charge in [-0.2, -0.15) is 5.10 Å². The van der Waals surface area contributed by atoms with Crippen LogP contribution >= 0.6 is 0 Å². The molecule has 0 bridgehead atoms. The number of carbonyl (C=O) groups is 2. The number of amides is 3. The number of nitrogens with two attached hydrogens (primary N) is 1. The van der Waals surface area contributed by atoms with E-state index in [1.54, 1.807) is 22.9 Å². The van der Waals surface area contributed by atoms with Gasteiger partial charge in [0.25, 0.3) is 0 Å². The van der Waals surface area contributed by atoms with E-state index in [0.29, 0.717) is 78.2 Å². The lowest BCUT2D eigenvalue weighted by molar-refractivity contribution is -0.134. The number of nitrogens with one attached hydrogen (secondary N) is 2. The Bertz CT molecular complexity index is 1800. The van der Waals surface area contributed by atoms with E-state index < -0.39 is 6.03 Å². The molecule has 1 fully saturated rings. The molecule has 0 saturated carbocycles. The van der Waals surface area contributed by atoms with Crippen molar-refractivity contribution in [3.05, 3.63) is 72.2 Å². The number of fused-ring (bicyclic) bond motifs is 1. The Hall–Kier alpha value is -5.30. The minimum atomic E-state index is -0.450. The number of nitrogens with zero attached hydrogens (tertiary/aromatic N) is 6. The number of hydrogen-bond acceptors (Lipinski definition) is 9. The predicted molar refractivity (Wildman–Crippen MR) is 165 cm³/mol.